The molecule has 0 saturated carbocycles. The Morgan fingerprint density at radius 2 is 1.69 bits per heavy atom. The Morgan fingerprint density at radius 1 is 0.944 bits per heavy atom. The van der Waals surface area contributed by atoms with Crippen molar-refractivity contribution in [3.63, 3.8) is 0 Å². The molecule has 2 aromatic carbocycles. The molecule has 2 aliphatic rings. The van der Waals surface area contributed by atoms with Gasteiger partial charge in [0.1, 0.15) is 18.3 Å². The van der Waals surface area contributed by atoms with E-state index >= 15 is 0 Å². The van der Waals surface area contributed by atoms with Crippen molar-refractivity contribution >= 4 is 28.8 Å². The van der Waals surface area contributed by atoms with Crippen LogP contribution in [0.5, 0.6) is 5.75 Å². The van der Waals surface area contributed by atoms with Gasteiger partial charge in [-0.2, -0.15) is 0 Å². The van der Waals surface area contributed by atoms with Gasteiger partial charge in [-0.15, -0.1) is 11.3 Å². The van der Waals surface area contributed by atoms with Gasteiger partial charge in [-0.05, 0) is 34.7 Å². The fourth-order valence-electron chi connectivity index (χ4n) is 4.75. The lowest BCUT2D eigenvalue weighted by Crippen LogP contribution is -2.42. The number of hydrogen-bond acceptors (Lipinski definition) is 7. The number of morpholine rings is 1. The first-order valence-electron chi connectivity index (χ1n) is 12.1. The molecule has 0 bridgehead atoms. The third-order valence-electron chi connectivity index (χ3n) is 6.68. The lowest BCUT2D eigenvalue weighted by atomic mass is 9.88. The normalized spacial score (nSPS) is 20.6. The molecule has 1 amide bonds. The van der Waals surface area contributed by atoms with Gasteiger partial charge in [-0.3, -0.25) is 19.3 Å². The van der Waals surface area contributed by atoms with Crippen molar-refractivity contribution in [3.05, 3.63) is 88.1 Å². The van der Waals surface area contributed by atoms with Gasteiger partial charge in [0.05, 0.1) is 24.1 Å². The van der Waals surface area contributed by atoms with Crippen molar-refractivity contribution in [2.24, 2.45) is 5.92 Å². The highest BCUT2D eigenvalue weighted by molar-refractivity contribution is 7.12. The summed E-state index contributed by atoms with van der Waals surface area (Å²) in [5.74, 6) is -1.90. The lowest BCUT2D eigenvalue weighted by Gasteiger charge is -2.31. The van der Waals surface area contributed by atoms with Gasteiger partial charge in [-0.1, -0.05) is 48.5 Å². The van der Waals surface area contributed by atoms with Gasteiger partial charge in [0.2, 0.25) is 5.78 Å². The number of benzene rings is 2. The van der Waals surface area contributed by atoms with E-state index in [-0.39, 0.29) is 5.78 Å². The zero-order valence-electron chi connectivity index (χ0n) is 19.9. The second kappa shape index (κ2) is 11.2. The molecule has 2 fully saturated rings. The van der Waals surface area contributed by atoms with Gasteiger partial charge < -0.3 is 14.4 Å². The van der Waals surface area contributed by atoms with Crippen molar-refractivity contribution in [2.45, 2.75) is 12.6 Å². The number of ether oxygens (including phenoxy) is 2. The summed E-state index contributed by atoms with van der Waals surface area (Å²) in [5.41, 5.74) is 1.81. The number of thiophene rings is 1. The summed E-state index contributed by atoms with van der Waals surface area (Å²) >= 11 is 1.29. The van der Waals surface area contributed by atoms with Crippen molar-refractivity contribution in [3.8, 4) is 5.75 Å². The molecular weight excluding hydrogens is 476 g/mol. The molecule has 2 atom stereocenters. The van der Waals surface area contributed by atoms with Crippen LogP contribution in [-0.2, 0) is 20.9 Å². The first-order valence-corrected chi connectivity index (χ1v) is 13.0. The number of nitrogens with zero attached hydrogens (tertiary/aromatic N) is 2. The van der Waals surface area contributed by atoms with Gasteiger partial charge in [-0.25, -0.2) is 0 Å². The Balaban J connectivity index is 1.38. The molecule has 1 aromatic heterocycles. The van der Waals surface area contributed by atoms with E-state index in [2.05, 4.69) is 4.90 Å². The third-order valence-corrected chi connectivity index (χ3v) is 7.57. The molecule has 3 heterocycles. The zero-order valence-corrected chi connectivity index (χ0v) is 20.7. The second-order valence-electron chi connectivity index (χ2n) is 8.92. The third kappa shape index (κ3) is 5.26. The van der Waals surface area contributed by atoms with E-state index in [4.69, 9.17) is 9.47 Å². The minimum atomic E-state index is -1.06. The summed E-state index contributed by atoms with van der Waals surface area (Å²) in [6.07, 6.45) is 0. The van der Waals surface area contributed by atoms with Crippen molar-refractivity contribution in [1.82, 2.24) is 9.80 Å². The van der Waals surface area contributed by atoms with Crippen molar-refractivity contribution < 1.29 is 23.9 Å². The van der Waals surface area contributed by atoms with E-state index in [0.717, 1.165) is 24.2 Å². The molecule has 0 N–H and O–H groups in total. The van der Waals surface area contributed by atoms with Gasteiger partial charge in [0.15, 0.2) is 5.78 Å². The number of rotatable bonds is 9. The lowest BCUT2D eigenvalue weighted by molar-refractivity contribution is -0.141. The molecule has 7 nitrogen and oxygen atoms in total. The molecule has 2 saturated heterocycles. The Kier molecular flexibility index (Phi) is 7.55. The Bertz CT molecular complexity index is 1190. The maximum Gasteiger partial charge on any atom is 0.291 e. The van der Waals surface area contributed by atoms with Gasteiger partial charge >= 0.3 is 0 Å². The molecule has 5 rings (SSSR count). The molecule has 8 heteroatoms. The van der Waals surface area contributed by atoms with Crippen LogP contribution in [0.2, 0.25) is 0 Å². The summed E-state index contributed by atoms with van der Waals surface area (Å²) in [6.45, 7) is 4.30. The Labute approximate surface area is 214 Å². The zero-order chi connectivity index (χ0) is 24.9. The predicted molar refractivity (Wildman–Crippen MR) is 136 cm³/mol. The van der Waals surface area contributed by atoms with E-state index < -0.39 is 23.7 Å². The molecule has 2 unspecified atom stereocenters. The molecule has 0 radical (unpaired) electrons. The number of Topliss-reactive ketones (excluding diaryl/α,β-unsaturated/α-hetero) is 2. The predicted octanol–water partition coefficient (Wildman–Crippen LogP) is 3.61. The SMILES string of the molecule is O=C1C(=O)N(CCN2CCOCC2)C(c2ccc(OCc3ccccc3)cc2)C1C(=O)c1cccs1. The fraction of sp³-hybridized carbons (Fsp3) is 0.321. The Morgan fingerprint density at radius 3 is 2.39 bits per heavy atom. The van der Waals surface area contributed by atoms with E-state index in [1.165, 1.54) is 11.3 Å². The molecule has 36 heavy (non-hydrogen) atoms. The molecule has 0 aliphatic carbocycles. The number of hydrogen-bond donors (Lipinski definition) is 0. The first-order chi connectivity index (χ1) is 17.6. The summed E-state index contributed by atoms with van der Waals surface area (Å²) in [4.78, 5) is 43.9. The maximum absolute atomic E-state index is 13.4. The van der Waals surface area contributed by atoms with Crippen LogP contribution in [0.25, 0.3) is 0 Å². The number of amides is 1. The summed E-state index contributed by atoms with van der Waals surface area (Å²) < 4.78 is 11.3. The molecule has 0 spiro atoms. The second-order valence-corrected chi connectivity index (χ2v) is 9.87. The summed E-state index contributed by atoms with van der Waals surface area (Å²) in [5, 5.41) is 1.80. The summed E-state index contributed by atoms with van der Waals surface area (Å²) in [6, 6.07) is 20.1. The quantitative estimate of drug-likeness (QED) is 0.252. The average Bonchev–Trinajstić information content (AvgIpc) is 3.55. The van der Waals surface area contributed by atoms with E-state index in [9.17, 15) is 14.4 Å². The molecule has 2 aliphatic heterocycles. The van der Waals surface area contributed by atoms with Crippen LogP contribution >= 0.6 is 11.3 Å². The summed E-state index contributed by atoms with van der Waals surface area (Å²) in [7, 11) is 0. The van der Waals surface area contributed by atoms with Crippen LogP contribution in [0.4, 0.5) is 0 Å². The smallest absolute Gasteiger partial charge is 0.291 e. The number of carbonyl (C=O) groups excluding carboxylic acids is 3. The standard InChI is InChI=1S/C28H28N2O5S/c31-26(23-7-4-18-36-23)24-25(30(28(33)27(24)32)13-12-29-14-16-34-17-15-29)21-8-10-22(11-9-21)35-19-20-5-2-1-3-6-20/h1-11,18,24-25H,12-17,19H2. The van der Waals surface area contributed by atoms with Crippen LogP contribution in [0.1, 0.15) is 26.8 Å². The fourth-order valence-corrected chi connectivity index (χ4v) is 5.45. The minimum Gasteiger partial charge on any atom is -0.489 e. The Hall–Kier alpha value is -3.33. The highest BCUT2D eigenvalue weighted by Gasteiger charge is 2.51. The van der Waals surface area contributed by atoms with Crippen LogP contribution in [0, 0.1) is 5.92 Å². The minimum absolute atomic E-state index is 0.299. The number of carbonyl (C=O) groups is 3. The first kappa shape index (κ1) is 24.4. The average molecular weight is 505 g/mol. The van der Waals surface area contributed by atoms with Crippen molar-refractivity contribution in [1.29, 1.82) is 0 Å². The molecule has 3 aromatic rings. The van der Waals surface area contributed by atoms with Crippen molar-refractivity contribution in [2.75, 3.05) is 39.4 Å². The van der Waals surface area contributed by atoms with Crippen LogP contribution in [0.3, 0.4) is 0 Å². The maximum atomic E-state index is 13.4. The van der Waals surface area contributed by atoms with Gasteiger partial charge in [0.25, 0.3) is 5.91 Å². The van der Waals surface area contributed by atoms with E-state index in [1.807, 2.05) is 54.6 Å². The highest BCUT2D eigenvalue weighted by atomic mass is 32.1. The van der Waals surface area contributed by atoms with Gasteiger partial charge in [0, 0.05) is 26.2 Å². The van der Waals surface area contributed by atoms with E-state index in [0.29, 0.717) is 43.5 Å². The van der Waals surface area contributed by atoms with E-state index in [1.54, 1.807) is 22.4 Å². The van der Waals surface area contributed by atoms with Crippen LogP contribution < -0.4 is 4.74 Å². The number of likely N-dealkylation sites (tertiary alicyclic amines) is 1. The van der Waals surface area contributed by atoms with Crippen LogP contribution in [-0.4, -0.2) is 66.7 Å². The topological polar surface area (TPSA) is 76.2 Å². The molecule has 186 valence electrons. The molecular formula is C28H28N2O5S. The monoisotopic (exact) mass is 504 g/mol. The number of ketones is 2. The highest BCUT2D eigenvalue weighted by Crippen LogP contribution is 2.39. The largest absolute Gasteiger partial charge is 0.489 e. The van der Waals surface area contributed by atoms with Crippen LogP contribution in [0.15, 0.2) is 72.1 Å².